The maximum Gasteiger partial charge on any atom is 0.0900 e. The summed E-state index contributed by atoms with van der Waals surface area (Å²) in [6.07, 6.45) is 12.3. The van der Waals surface area contributed by atoms with E-state index in [0.717, 1.165) is 57.3 Å². The minimum Gasteiger partial charge on any atom is -0.352 e. The smallest absolute Gasteiger partial charge is 0.0900 e. The number of hydrogen-bond acceptors (Lipinski definition) is 5. The van der Waals surface area contributed by atoms with Gasteiger partial charge in [0.15, 0.2) is 0 Å². The quantitative estimate of drug-likeness (QED) is 0.452. The molecule has 0 atom stereocenters. The van der Waals surface area contributed by atoms with Crippen LogP contribution >= 0.6 is 11.8 Å². The Balaban J connectivity index is 1.81. The third kappa shape index (κ3) is 4.44. The van der Waals surface area contributed by atoms with E-state index in [0.29, 0.717) is 0 Å². The molecule has 1 aromatic carbocycles. The van der Waals surface area contributed by atoms with Crippen LogP contribution in [0.4, 0.5) is 11.4 Å². The van der Waals surface area contributed by atoms with Gasteiger partial charge in [0.05, 0.1) is 45.0 Å². The minimum absolute atomic E-state index is 0.164. The zero-order chi connectivity index (χ0) is 22.8. The number of anilines is 2. The molecule has 0 fully saturated rings. The summed E-state index contributed by atoms with van der Waals surface area (Å²) in [5, 5.41) is 6.59. The monoisotopic (exact) mass is 453 g/mol. The Hall–Kier alpha value is -3.38. The van der Waals surface area contributed by atoms with Crippen LogP contribution in [0.3, 0.4) is 0 Å². The molecular formula is C27H27N5S. The molecule has 0 saturated carbocycles. The molecule has 33 heavy (non-hydrogen) atoms. The summed E-state index contributed by atoms with van der Waals surface area (Å²) in [4.78, 5) is 15.5. The zero-order valence-electron chi connectivity index (χ0n) is 19.1. The average Bonchev–Trinajstić information content (AvgIpc) is 2.83. The molecule has 2 aromatic rings. The SMILES string of the molecule is CSc1ccc(-n2c3cc(=NC(C)C)c(Nc4cccnc4)cc-3nc3c2=CCCC=3)cc1. The van der Waals surface area contributed by atoms with Crippen molar-refractivity contribution in [1.82, 2.24) is 14.5 Å². The van der Waals surface area contributed by atoms with Crippen LogP contribution in [0.1, 0.15) is 26.7 Å². The molecule has 0 bridgehead atoms. The molecule has 0 amide bonds. The van der Waals surface area contributed by atoms with Crippen LogP contribution in [0.25, 0.3) is 29.2 Å². The predicted octanol–water partition coefficient (Wildman–Crippen LogP) is 4.50. The van der Waals surface area contributed by atoms with Gasteiger partial charge in [-0.15, -0.1) is 11.8 Å². The number of pyridine rings is 1. The molecule has 1 N–H and O–H groups in total. The lowest BCUT2D eigenvalue weighted by molar-refractivity contribution is 0.805. The van der Waals surface area contributed by atoms with Crippen molar-refractivity contribution < 1.29 is 0 Å². The Kier molecular flexibility index (Phi) is 6.01. The van der Waals surface area contributed by atoms with Crippen LogP contribution in [0.5, 0.6) is 0 Å². The lowest BCUT2D eigenvalue weighted by atomic mass is 10.1. The molecule has 0 spiro atoms. The third-order valence-electron chi connectivity index (χ3n) is 5.59. The van der Waals surface area contributed by atoms with Crippen molar-refractivity contribution in [2.24, 2.45) is 4.99 Å². The summed E-state index contributed by atoms with van der Waals surface area (Å²) in [7, 11) is 0. The van der Waals surface area contributed by atoms with Crippen molar-refractivity contribution in [3.8, 4) is 17.1 Å². The van der Waals surface area contributed by atoms with E-state index < -0.39 is 0 Å². The topological polar surface area (TPSA) is 55.1 Å². The van der Waals surface area contributed by atoms with Gasteiger partial charge in [0.2, 0.25) is 0 Å². The van der Waals surface area contributed by atoms with Gasteiger partial charge in [-0.3, -0.25) is 9.98 Å². The summed E-state index contributed by atoms with van der Waals surface area (Å²) in [6.45, 7) is 4.20. The zero-order valence-corrected chi connectivity index (χ0v) is 19.9. The molecule has 6 heteroatoms. The van der Waals surface area contributed by atoms with Crippen LogP contribution in [-0.4, -0.2) is 26.8 Å². The highest BCUT2D eigenvalue weighted by molar-refractivity contribution is 7.98. The van der Waals surface area contributed by atoms with E-state index in [1.807, 2.05) is 18.3 Å². The van der Waals surface area contributed by atoms with Crippen LogP contribution in [0, 0.1) is 0 Å². The second-order valence-electron chi connectivity index (χ2n) is 8.35. The molecule has 1 aromatic heterocycles. The van der Waals surface area contributed by atoms with Gasteiger partial charge >= 0.3 is 0 Å². The van der Waals surface area contributed by atoms with E-state index in [2.05, 4.69) is 83.5 Å². The highest BCUT2D eigenvalue weighted by atomic mass is 32.2. The van der Waals surface area contributed by atoms with E-state index in [1.165, 1.54) is 4.90 Å². The number of rotatable bonds is 5. The highest BCUT2D eigenvalue weighted by Crippen LogP contribution is 2.25. The molecule has 1 aliphatic heterocycles. The van der Waals surface area contributed by atoms with Crippen LogP contribution < -0.4 is 21.4 Å². The van der Waals surface area contributed by atoms with Crippen molar-refractivity contribution in [1.29, 1.82) is 0 Å². The fourth-order valence-electron chi connectivity index (χ4n) is 4.14. The van der Waals surface area contributed by atoms with E-state index in [4.69, 9.17) is 9.98 Å². The Morgan fingerprint density at radius 1 is 1.06 bits per heavy atom. The van der Waals surface area contributed by atoms with Gasteiger partial charge in [0.25, 0.3) is 0 Å². The number of nitrogens with one attached hydrogen (secondary N) is 1. The van der Waals surface area contributed by atoms with Crippen molar-refractivity contribution in [3.63, 3.8) is 0 Å². The average molecular weight is 454 g/mol. The Morgan fingerprint density at radius 3 is 2.61 bits per heavy atom. The van der Waals surface area contributed by atoms with Gasteiger partial charge < -0.3 is 9.88 Å². The van der Waals surface area contributed by atoms with Gasteiger partial charge in [-0.1, -0.05) is 12.2 Å². The molecular weight excluding hydrogens is 426 g/mol. The normalized spacial score (nSPS) is 13.5. The minimum atomic E-state index is 0.164. The lowest BCUT2D eigenvalue weighted by Crippen LogP contribution is -2.40. The van der Waals surface area contributed by atoms with Gasteiger partial charge in [-0.05, 0) is 81.5 Å². The van der Waals surface area contributed by atoms with E-state index in [-0.39, 0.29) is 6.04 Å². The summed E-state index contributed by atoms with van der Waals surface area (Å²) in [6, 6.07) is 17.1. The summed E-state index contributed by atoms with van der Waals surface area (Å²) in [5.74, 6) is 0. The first-order valence-corrected chi connectivity index (χ1v) is 12.5. The number of nitrogens with zero attached hydrogens (tertiary/aromatic N) is 4. The Morgan fingerprint density at radius 2 is 1.88 bits per heavy atom. The second kappa shape index (κ2) is 9.24. The fraction of sp³-hybridized carbons (Fsp3) is 0.222. The molecule has 166 valence electrons. The first-order chi connectivity index (χ1) is 16.1. The molecule has 0 radical (unpaired) electrons. The number of benzene rings is 2. The molecule has 5 nitrogen and oxygen atoms in total. The van der Waals surface area contributed by atoms with E-state index >= 15 is 0 Å². The van der Waals surface area contributed by atoms with Gasteiger partial charge in [-0.2, -0.15) is 0 Å². The van der Waals surface area contributed by atoms with Gasteiger partial charge in [0.1, 0.15) is 0 Å². The Labute approximate surface area is 198 Å². The van der Waals surface area contributed by atoms with Crippen molar-refractivity contribution in [2.45, 2.75) is 37.6 Å². The van der Waals surface area contributed by atoms with Gasteiger partial charge in [0, 0.05) is 22.8 Å². The van der Waals surface area contributed by atoms with Gasteiger partial charge in [-0.25, -0.2) is 4.98 Å². The molecule has 5 rings (SSSR count). The number of hydrogen-bond donors (Lipinski definition) is 1. The number of thioether (sulfide) groups is 1. The molecule has 2 aliphatic carbocycles. The third-order valence-corrected chi connectivity index (χ3v) is 6.33. The van der Waals surface area contributed by atoms with Crippen LogP contribution in [0.15, 0.2) is 70.8 Å². The Bertz CT molecular complexity index is 1440. The largest absolute Gasteiger partial charge is 0.352 e. The number of fused-ring (bicyclic) bond motifs is 2. The maximum absolute atomic E-state index is 5.05. The number of aromatic nitrogens is 3. The van der Waals surface area contributed by atoms with E-state index in [9.17, 15) is 0 Å². The summed E-state index contributed by atoms with van der Waals surface area (Å²) in [5.41, 5.74) is 4.97. The van der Waals surface area contributed by atoms with E-state index in [1.54, 1.807) is 18.0 Å². The summed E-state index contributed by atoms with van der Waals surface area (Å²) >= 11 is 1.75. The highest BCUT2D eigenvalue weighted by Gasteiger charge is 2.16. The van der Waals surface area contributed by atoms with Crippen LogP contribution in [-0.2, 0) is 0 Å². The van der Waals surface area contributed by atoms with Crippen LogP contribution in [0.2, 0.25) is 0 Å². The lowest BCUT2D eigenvalue weighted by Gasteiger charge is -2.20. The van der Waals surface area contributed by atoms with Crippen molar-refractivity contribution in [2.75, 3.05) is 11.6 Å². The standard InChI is InChI=1S/C27H27N5S/c1-18(2)29-24-16-27-25(15-23(24)30-19-7-6-14-28-17-19)31-22-8-4-5-9-26(22)32(27)20-10-12-21(33-3)13-11-20/h6-18,30H,4-5H2,1-3H3. The fourth-order valence-corrected chi connectivity index (χ4v) is 4.55. The molecule has 2 heterocycles. The molecule has 0 saturated heterocycles. The second-order valence-corrected chi connectivity index (χ2v) is 9.23. The van der Waals surface area contributed by atoms with Crippen molar-refractivity contribution >= 4 is 35.3 Å². The first-order valence-electron chi connectivity index (χ1n) is 11.2. The molecule has 3 aliphatic rings. The maximum atomic E-state index is 5.05. The molecule has 0 unspecified atom stereocenters. The first kappa shape index (κ1) is 21.5. The van der Waals surface area contributed by atoms with Crippen molar-refractivity contribution in [3.05, 3.63) is 77.0 Å². The summed E-state index contributed by atoms with van der Waals surface area (Å²) < 4.78 is 2.32. The predicted molar refractivity (Wildman–Crippen MR) is 138 cm³/mol.